The van der Waals surface area contributed by atoms with E-state index in [1.165, 1.54) is 36.8 Å². The number of morpholine rings is 1. The van der Waals surface area contributed by atoms with Gasteiger partial charge in [0.15, 0.2) is 0 Å². The minimum atomic E-state index is 0.270. The van der Waals surface area contributed by atoms with Crippen LogP contribution >= 0.6 is 0 Å². The van der Waals surface area contributed by atoms with E-state index in [4.69, 9.17) is 4.74 Å². The van der Waals surface area contributed by atoms with Crippen LogP contribution in [0.4, 0.5) is 0 Å². The van der Waals surface area contributed by atoms with E-state index in [1.54, 1.807) is 0 Å². The van der Waals surface area contributed by atoms with Crippen molar-refractivity contribution in [2.75, 3.05) is 33.4 Å². The molecular formula is C18H28N2O. The van der Waals surface area contributed by atoms with Gasteiger partial charge in [-0.3, -0.25) is 4.90 Å². The molecule has 1 saturated carbocycles. The zero-order valence-corrected chi connectivity index (χ0v) is 13.4. The second-order valence-electron chi connectivity index (χ2n) is 6.55. The highest BCUT2D eigenvalue weighted by molar-refractivity contribution is 5.29. The highest BCUT2D eigenvalue weighted by Crippen LogP contribution is 2.44. The van der Waals surface area contributed by atoms with Crippen molar-refractivity contribution in [1.29, 1.82) is 0 Å². The van der Waals surface area contributed by atoms with Crippen molar-refractivity contribution in [3.63, 3.8) is 0 Å². The van der Waals surface area contributed by atoms with Crippen molar-refractivity contribution in [2.24, 2.45) is 0 Å². The molecule has 3 heteroatoms. The second-order valence-corrected chi connectivity index (χ2v) is 6.55. The van der Waals surface area contributed by atoms with E-state index in [-0.39, 0.29) is 5.54 Å². The lowest BCUT2D eigenvalue weighted by molar-refractivity contribution is -0.0354. The van der Waals surface area contributed by atoms with Crippen molar-refractivity contribution in [2.45, 2.75) is 44.2 Å². The Morgan fingerprint density at radius 1 is 1.19 bits per heavy atom. The Bertz CT molecular complexity index is 462. The predicted molar refractivity (Wildman–Crippen MR) is 86.6 cm³/mol. The quantitative estimate of drug-likeness (QED) is 0.922. The van der Waals surface area contributed by atoms with Crippen molar-refractivity contribution in [3.8, 4) is 0 Å². The van der Waals surface area contributed by atoms with Gasteiger partial charge in [0, 0.05) is 18.6 Å². The molecule has 1 aromatic rings. The smallest absolute Gasteiger partial charge is 0.0594 e. The summed E-state index contributed by atoms with van der Waals surface area (Å²) in [6.07, 6.45) is 5.29. The first-order valence-electron chi connectivity index (χ1n) is 8.33. The molecule has 1 aromatic carbocycles. The minimum absolute atomic E-state index is 0.270. The van der Waals surface area contributed by atoms with Gasteiger partial charge in [-0.2, -0.15) is 0 Å². The van der Waals surface area contributed by atoms with E-state index in [0.29, 0.717) is 6.04 Å². The Labute approximate surface area is 128 Å². The van der Waals surface area contributed by atoms with Gasteiger partial charge >= 0.3 is 0 Å². The van der Waals surface area contributed by atoms with E-state index in [2.05, 4.69) is 48.5 Å². The van der Waals surface area contributed by atoms with Gasteiger partial charge in [0.25, 0.3) is 0 Å². The lowest BCUT2D eigenvalue weighted by Crippen LogP contribution is -2.57. The zero-order chi connectivity index (χ0) is 14.7. The minimum Gasteiger partial charge on any atom is -0.379 e. The number of rotatable bonds is 4. The molecule has 1 saturated heterocycles. The molecule has 21 heavy (non-hydrogen) atoms. The molecule has 1 heterocycles. The number of nitrogens with zero attached hydrogens (tertiary/aromatic N) is 1. The number of ether oxygens (including phenoxy) is 1. The standard InChI is InChI=1S/C18H28N2O/c1-15-6-5-7-16(14-15)17(19-2)18(8-3-4-9-18)20-10-12-21-13-11-20/h5-7,14,17,19H,3-4,8-13H2,1-2H3. The summed E-state index contributed by atoms with van der Waals surface area (Å²) in [5.41, 5.74) is 3.06. The van der Waals surface area contributed by atoms with Gasteiger partial charge < -0.3 is 10.1 Å². The molecule has 2 aliphatic rings. The van der Waals surface area contributed by atoms with Gasteiger partial charge in [-0.1, -0.05) is 42.7 Å². The summed E-state index contributed by atoms with van der Waals surface area (Å²) in [5, 5.41) is 3.64. The molecular weight excluding hydrogens is 260 g/mol. The zero-order valence-electron chi connectivity index (χ0n) is 13.4. The monoisotopic (exact) mass is 288 g/mol. The second kappa shape index (κ2) is 6.47. The molecule has 1 aliphatic heterocycles. The molecule has 0 spiro atoms. The maximum atomic E-state index is 5.58. The van der Waals surface area contributed by atoms with Crippen molar-refractivity contribution in [3.05, 3.63) is 35.4 Å². The SMILES string of the molecule is CNC(c1cccc(C)c1)C1(N2CCOCC2)CCCC1. The fourth-order valence-electron chi connectivity index (χ4n) is 4.38. The molecule has 3 rings (SSSR count). The highest BCUT2D eigenvalue weighted by atomic mass is 16.5. The number of hydrogen-bond acceptors (Lipinski definition) is 3. The molecule has 0 aromatic heterocycles. The Morgan fingerprint density at radius 2 is 1.90 bits per heavy atom. The van der Waals surface area contributed by atoms with Crippen LogP contribution in [0, 0.1) is 6.92 Å². The van der Waals surface area contributed by atoms with Gasteiger partial charge in [0.05, 0.1) is 19.3 Å². The molecule has 3 nitrogen and oxygen atoms in total. The number of aryl methyl sites for hydroxylation is 1. The first-order chi connectivity index (χ1) is 10.3. The third kappa shape index (κ3) is 2.87. The third-order valence-corrected chi connectivity index (χ3v) is 5.31. The van der Waals surface area contributed by atoms with Gasteiger partial charge in [-0.15, -0.1) is 0 Å². The molecule has 0 bridgehead atoms. The fourth-order valence-corrected chi connectivity index (χ4v) is 4.38. The van der Waals surface area contributed by atoms with Crippen LogP contribution in [0.2, 0.25) is 0 Å². The van der Waals surface area contributed by atoms with E-state index >= 15 is 0 Å². The molecule has 0 radical (unpaired) electrons. The summed E-state index contributed by atoms with van der Waals surface area (Å²) in [6.45, 7) is 6.10. The molecule has 0 amide bonds. The summed E-state index contributed by atoms with van der Waals surface area (Å²) in [6, 6.07) is 9.43. The van der Waals surface area contributed by atoms with Crippen LogP contribution in [0.25, 0.3) is 0 Å². The fraction of sp³-hybridized carbons (Fsp3) is 0.667. The lowest BCUT2D eigenvalue weighted by Gasteiger charge is -2.48. The number of likely N-dealkylation sites (N-methyl/N-ethyl adjacent to an activating group) is 1. The van der Waals surface area contributed by atoms with Crippen LogP contribution in [-0.4, -0.2) is 43.8 Å². The summed E-state index contributed by atoms with van der Waals surface area (Å²) in [7, 11) is 2.12. The molecule has 116 valence electrons. The number of hydrogen-bond donors (Lipinski definition) is 1. The van der Waals surface area contributed by atoms with Crippen LogP contribution in [-0.2, 0) is 4.74 Å². The summed E-state index contributed by atoms with van der Waals surface area (Å²) < 4.78 is 5.58. The van der Waals surface area contributed by atoms with E-state index in [1.807, 2.05) is 0 Å². The average Bonchev–Trinajstić information content (AvgIpc) is 3.00. The molecule has 1 unspecified atom stereocenters. The van der Waals surface area contributed by atoms with Crippen LogP contribution in [0.3, 0.4) is 0 Å². The van der Waals surface area contributed by atoms with Gasteiger partial charge in [0.2, 0.25) is 0 Å². The van der Waals surface area contributed by atoms with Crippen molar-refractivity contribution < 1.29 is 4.74 Å². The topological polar surface area (TPSA) is 24.5 Å². The van der Waals surface area contributed by atoms with Gasteiger partial charge in [-0.05, 0) is 32.4 Å². The summed E-state index contributed by atoms with van der Waals surface area (Å²) >= 11 is 0. The van der Waals surface area contributed by atoms with Gasteiger partial charge in [-0.25, -0.2) is 0 Å². The summed E-state index contributed by atoms with van der Waals surface area (Å²) in [5.74, 6) is 0. The maximum Gasteiger partial charge on any atom is 0.0594 e. The number of nitrogens with one attached hydrogen (secondary N) is 1. The van der Waals surface area contributed by atoms with Crippen molar-refractivity contribution in [1.82, 2.24) is 10.2 Å². The lowest BCUT2D eigenvalue weighted by atomic mass is 9.81. The average molecular weight is 288 g/mol. The molecule has 1 atom stereocenters. The maximum absolute atomic E-state index is 5.58. The Hall–Kier alpha value is -0.900. The number of benzene rings is 1. The van der Waals surface area contributed by atoms with Crippen molar-refractivity contribution >= 4 is 0 Å². The Morgan fingerprint density at radius 3 is 2.52 bits per heavy atom. The first-order valence-corrected chi connectivity index (χ1v) is 8.33. The highest BCUT2D eigenvalue weighted by Gasteiger charge is 2.46. The molecule has 2 fully saturated rings. The summed E-state index contributed by atoms with van der Waals surface area (Å²) in [4.78, 5) is 2.70. The van der Waals surface area contributed by atoms with E-state index in [9.17, 15) is 0 Å². The van der Waals surface area contributed by atoms with Crippen LogP contribution < -0.4 is 5.32 Å². The first kappa shape index (κ1) is 15.0. The van der Waals surface area contributed by atoms with E-state index in [0.717, 1.165) is 26.3 Å². The third-order valence-electron chi connectivity index (χ3n) is 5.31. The largest absolute Gasteiger partial charge is 0.379 e. The normalized spacial score (nSPS) is 24.1. The molecule has 1 N–H and O–H groups in total. The van der Waals surface area contributed by atoms with E-state index < -0.39 is 0 Å². The van der Waals surface area contributed by atoms with Crippen LogP contribution in [0.1, 0.15) is 42.9 Å². The predicted octanol–water partition coefficient (Wildman–Crippen LogP) is 2.90. The Kier molecular flexibility index (Phi) is 4.63. The Balaban J connectivity index is 1.93. The van der Waals surface area contributed by atoms with Crippen LogP contribution in [0.15, 0.2) is 24.3 Å². The van der Waals surface area contributed by atoms with Crippen LogP contribution in [0.5, 0.6) is 0 Å². The van der Waals surface area contributed by atoms with Gasteiger partial charge in [0.1, 0.15) is 0 Å². The molecule has 1 aliphatic carbocycles.